The number of amides is 1. The summed E-state index contributed by atoms with van der Waals surface area (Å²) in [7, 11) is -2.53. The summed E-state index contributed by atoms with van der Waals surface area (Å²) in [6.45, 7) is -0.491. The maximum atomic E-state index is 12.2. The normalized spacial score (nSPS) is 11.2. The van der Waals surface area contributed by atoms with E-state index in [0.717, 1.165) is 0 Å². The zero-order valence-electron chi connectivity index (χ0n) is 12.8. The van der Waals surface area contributed by atoms with Crippen molar-refractivity contribution in [3.05, 3.63) is 51.5 Å². The minimum Gasteiger partial charge on any atom is -0.495 e. The molecule has 10 heteroatoms. The monoisotopic (exact) mass is 422 g/mol. The molecule has 0 atom stereocenters. The van der Waals surface area contributed by atoms with Gasteiger partial charge in [0.1, 0.15) is 10.6 Å². The van der Waals surface area contributed by atoms with Gasteiger partial charge in [0.05, 0.1) is 23.7 Å². The summed E-state index contributed by atoms with van der Waals surface area (Å²) in [5, 5.41) is 3.04. The highest BCUT2D eigenvalue weighted by Crippen LogP contribution is 2.27. The Balaban J connectivity index is 2.04. The minimum absolute atomic E-state index is 0.000700. The molecule has 2 N–H and O–H groups in total. The number of halogens is 3. The molecule has 0 spiro atoms. The molecule has 0 saturated carbocycles. The number of methoxy groups -OCH3 is 1. The number of anilines is 1. The zero-order valence-corrected chi connectivity index (χ0v) is 15.9. The number of benzene rings is 2. The van der Waals surface area contributed by atoms with Crippen LogP contribution in [0, 0.1) is 0 Å². The molecule has 0 unspecified atom stereocenters. The van der Waals surface area contributed by atoms with E-state index in [2.05, 4.69) is 10.0 Å². The van der Waals surface area contributed by atoms with Crippen LogP contribution in [0.5, 0.6) is 5.75 Å². The van der Waals surface area contributed by atoms with Crippen LogP contribution >= 0.6 is 34.8 Å². The summed E-state index contributed by atoms with van der Waals surface area (Å²) in [5.74, 6) is -0.126. The molecule has 0 bridgehead atoms. The quantitative estimate of drug-likeness (QED) is 0.744. The summed E-state index contributed by atoms with van der Waals surface area (Å²) in [6.07, 6.45) is 0. The van der Waals surface area contributed by atoms with E-state index < -0.39 is 22.5 Å². The maximum Gasteiger partial charge on any atom is 0.242 e. The van der Waals surface area contributed by atoms with Crippen LogP contribution in [0.3, 0.4) is 0 Å². The first-order valence-electron chi connectivity index (χ1n) is 6.81. The van der Waals surface area contributed by atoms with Crippen molar-refractivity contribution in [1.29, 1.82) is 0 Å². The Morgan fingerprint density at radius 3 is 2.44 bits per heavy atom. The molecule has 0 aromatic heterocycles. The van der Waals surface area contributed by atoms with Crippen molar-refractivity contribution >= 4 is 56.4 Å². The summed E-state index contributed by atoms with van der Waals surface area (Å²) < 4.78 is 31.6. The van der Waals surface area contributed by atoms with E-state index in [4.69, 9.17) is 39.5 Å². The summed E-state index contributed by atoms with van der Waals surface area (Å²) in [5.41, 5.74) is 0.399. The van der Waals surface area contributed by atoms with Gasteiger partial charge in [0.15, 0.2) is 0 Å². The van der Waals surface area contributed by atoms with Crippen molar-refractivity contribution in [2.75, 3.05) is 19.0 Å². The molecule has 6 nitrogen and oxygen atoms in total. The topological polar surface area (TPSA) is 84.5 Å². The molecule has 0 saturated heterocycles. The number of hydrogen-bond acceptors (Lipinski definition) is 4. The van der Waals surface area contributed by atoms with Crippen molar-refractivity contribution in [2.45, 2.75) is 4.90 Å². The fourth-order valence-corrected chi connectivity index (χ4v) is 3.87. The van der Waals surface area contributed by atoms with Crippen LogP contribution in [0.15, 0.2) is 41.3 Å². The predicted octanol–water partition coefficient (Wildman–Crippen LogP) is 3.57. The van der Waals surface area contributed by atoms with E-state index in [0.29, 0.717) is 16.5 Å². The van der Waals surface area contributed by atoms with Crippen LogP contribution in [-0.2, 0) is 14.8 Å². The number of nitrogens with one attached hydrogen (secondary N) is 2. The SMILES string of the molecule is COc1ccc(NC(=O)CNS(=O)(=O)c2cc(Cl)ccc2Cl)cc1Cl. The van der Waals surface area contributed by atoms with Crippen LogP contribution in [0.4, 0.5) is 5.69 Å². The van der Waals surface area contributed by atoms with Crippen molar-refractivity contribution < 1.29 is 17.9 Å². The first-order chi connectivity index (χ1) is 11.7. The van der Waals surface area contributed by atoms with Gasteiger partial charge in [-0.25, -0.2) is 13.1 Å². The fraction of sp³-hybridized carbons (Fsp3) is 0.133. The highest BCUT2D eigenvalue weighted by atomic mass is 35.5. The maximum absolute atomic E-state index is 12.2. The van der Waals surface area contributed by atoms with Gasteiger partial charge in [0.2, 0.25) is 15.9 Å². The van der Waals surface area contributed by atoms with Crippen LogP contribution < -0.4 is 14.8 Å². The van der Waals surface area contributed by atoms with Gasteiger partial charge in [-0.2, -0.15) is 0 Å². The number of sulfonamides is 1. The van der Waals surface area contributed by atoms with Crippen molar-refractivity contribution in [2.24, 2.45) is 0 Å². The average molecular weight is 424 g/mol. The van der Waals surface area contributed by atoms with Gasteiger partial charge in [-0.1, -0.05) is 34.8 Å². The van der Waals surface area contributed by atoms with Crippen molar-refractivity contribution in [3.63, 3.8) is 0 Å². The van der Waals surface area contributed by atoms with Crippen molar-refractivity contribution in [1.82, 2.24) is 4.72 Å². The standard InChI is InChI=1S/C15H13Cl3N2O4S/c1-24-13-5-3-10(7-12(13)18)20-15(21)8-19-25(22,23)14-6-9(16)2-4-11(14)17/h2-7,19H,8H2,1H3,(H,20,21). The number of hydrogen-bond donors (Lipinski definition) is 2. The van der Waals surface area contributed by atoms with Crippen molar-refractivity contribution in [3.8, 4) is 5.75 Å². The molecule has 134 valence electrons. The number of rotatable bonds is 6. The van der Waals surface area contributed by atoms with E-state index >= 15 is 0 Å². The first-order valence-corrected chi connectivity index (χ1v) is 9.43. The van der Waals surface area contributed by atoms with Gasteiger partial charge in [-0.3, -0.25) is 4.79 Å². The molecule has 25 heavy (non-hydrogen) atoms. The highest BCUT2D eigenvalue weighted by molar-refractivity contribution is 7.89. The van der Waals surface area contributed by atoms with E-state index in [-0.39, 0.29) is 14.9 Å². The minimum atomic E-state index is -3.99. The Kier molecular flexibility index (Phi) is 6.53. The number of ether oxygens (including phenoxy) is 1. The fourth-order valence-electron chi connectivity index (χ4n) is 1.87. The number of carbonyl (C=O) groups is 1. The Labute approximate surface area is 160 Å². The lowest BCUT2D eigenvalue weighted by Crippen LogP contribution is -2.33. The van der Waals surface area contributed by atoms with Gasteiger partial charge >= 0.3 is 0 Å². The second-order valence-electron chi connectivity index (χ2n) is 4.80. The summed E-state index contributed by atoms with van der Waals surface area (Å²) in [6, 6.07) is 8.66. The Hall–Kier alpha value is -1.51. The molecule has 2 aromatic carbocycles. The molecule has 1 amide bonds. The third kappa shape index (κ3) is 5.23. The number of carbonyl (C=O) groups excluding carboxylic acids is 1. The van der Waals surface area contributed by atoms with Gasteiger partial charge in [0, 0.05) is 10.7 Å². The van der Waals surface area contributed by atoms with E-state index in [1.54, 1.807) is 12.1 Å². The molecule has 0 radical (unpaired) electrons. The van der Waals surface area contributed by atoms with E-state index in [1.165, 1.54) is 31.4 Å². The van der Waals surface area contributed by atoms with Gasteiger partial charge in [-0.05, 0) is 36.4 Å². The Bertz CT molecular complexity index is 904. The van der Waals surface area contributed by atoms with Crippen LogP contribution in [0.1, 0.15) is 0 Å². The van der Waals surface area contributed by atoms with Gasteiger partial charge in [-0.15, -0.1) is 0 Å². The summed E-state index contributed by atoms with van der Waals surface area (Å²) in [4.78, 5) is 11.7. The second kappa shape index (κ2) is 8.25. The summed E-state index contributed by atoms with van der Waals surface area (Å²) >= 11 is 17.6. The molecule has 0 heterocycles. The zero-order chi connectivity index (χ0) is 18.6. The lowest BCUT2D eigenvalue weighted by atomic mass is 10.3. The molecular weight excluding hydrogens is 411 g/mol. The van der Waals surface area contributed by atoms with Crippen LogP contribution in [0.2, 0.25) is 15.1 Å². The van der Waals surface area contributed by atoms with E-state index in [1.807, 2.05) is 0 Å². The molecule has 0 aliphatic rings. The first kappa shape index (κ1) is 19.8. The Morgan fingerprint density at radius 2 is 1.80 bits per heavy atom. The molecule has 0 fully saturated rings. The molecule has 0 aliphatic carbocycles. The largest absolute Gasteiger partial charge is 0.495 e. The molecule has 2 rings (SSSR count). The van der Waals surface area contributed by atoms with Gasteiger partial charge < -0.3 is 10.1 Å². The predicted molar refractivity (Wildman–Crippen MR) is 98.3 cm³/mol. The lowest BCUT2D eigenvalue weighted by molar-refractivity contribution is -0.115. The third-order valence-corrected chi connectivity index (χ3v) is 5.45. The molecular formula is C15H13Cl3N2O4S. The lowest BCUT2D eigenvalue weighted by Gasteiger charge is -2.10. The second-order valence-corrected chi connectivity index (χ2v) is 7.78. The van der Waals surface area contributed by atoms with E-state index in [9.17, 15) is 13.2 Å². The van der Waals surface area contributed by atoms with Gasteiger partial charge in [0.25, 0.3) is 0 Å². The molecule has 2 aromatic rings. The molecule has 0 aliphatic heterocycles. The Morgan fingerprint density at radius 1 is 1.08 bits per heavy atom. The third-order valence-electron chi connectivity index (χ3n) is 3.04. The smallest absolute Gasteiger partial charge is 0.242 e. The highest BCUT2D eigenvalue weighted by Gasteiger charge is 2.19. The van der Waals surface area contributed by atoms with Crippen LogP contribution in [0.25, 0.3) is 0 Å². The van der Waals surface area contributed by atoms with Crippen LogP contribution in [-0.4, -0.2) is 28.0 Å². The average Bonchev–Trinajstić information content (AvgIpc) is 2.55.